The van der Waals surface area contributed by atoms with Gasteiger partial charge in [0.1, 0.15) is 0 Å². The van der Waals surface area contributed by atoms with Crippen molar-refractivity contribution in [1.29, 1.82) is 0 Å². The van der Waals surface area contributed by atoms with E-state index < -0.39 is 9.04 Å². The van der Waals surface area contributed by atoms with E-state index in [0.29, 0.717) is 0 Å². The molecule has 0 aromatic carbocycles. The van der Waals surface area contributed by atoms with Crippen molar-refractivity contribution in [1.82, 2.24) is 0 Å². The molecule has 0 aliphatic heterocycles. The van der Waals surface area contributed by atoms with E-state index in [0.717, 1.165) is 20.2 Å². The standard InChI is InChI=1S/C5H16BO2PSi/c1-7-10(2)5-3-4-8-6-9/h6,10H,3-5,9H2,1-2H3. The maximum Gasteiger partial charge on any atom is 0.297 e. The average Bonchev–Trinajstić information content (AvgIpc) is 1.98. The smallest absolute Gasteiger partial charge is 0.297 e. The Morgan fingerprint density at radius 3 is 2.80 bits per heavy atom. The van der Waals surface area contributed by atoms with E-state index in [-0.39, 0.29) is 0 Å². The molecule has 10 heavy (non-hydrogen) atoms. The first-order chi connectivity index (χ1) is 4.81. The van der Waals surface area contributed by atoms with Crippen LogP contribution < -0.4 is 0 Å². The molecule has 0 N–H and O–H groups in total. The molecule has 0 rings (SSSR count). The lowest BCUT2D eigenvalue weighted by atomic mass is 10.5. The zero-order valence-electron chi connectivity index (χ0n) is 6.80. The Morgan fingerprint density at radius 2 is 2.30 bits per heavy atom. The fourth-order valence-electron chi connectivity index (χ4n) is 0.674. The molecule has 2 atom stereocenters. The molecule has 0 saturated carbocycles. The van der Waals surface area contributed by atoms with Crippen molar-refractivity contribution in [3.63, 3.8) is 0 Å². The van der Waals surface area contributed by atoms with E-state index >= 15 is 0 Å². The third-order valence-electron chi connectivity index (χ3n) is 1.42. The highest BCUT2D eigenvalue weighted by Crippen LogP contribution is 1.98. The lowest BCUT2D eigenvalue weighted by Gasteiger charge is -2.06. The predicted molar refractivity (Wildman–Crippen MR) is 52.3 cm³/mol. The molecule has 0 aliphatic carbocycles. The highest BCUT2D eigenvalue weighted by molar-refractivity contribution is 7.54. The minimum Gasteiger partial charge on any atom is -0.435 e. The van der Waals surface area contributed by atoms with Gasteiger partial charge in [-0.1, -0.05) is 0 Å². The van der Waals surface area contributed by atoms with E-state index in [1.54, 1.807) is 7.11 Å². The summed E-state index contributed by atoms with van der Waals surface area (Å²) in [6, 6.07) is 1.22. The van der Waals surface area contributed by atoms with E-state index in [4.69, 9.17) is 9.08 Å². The second kappa shape index (κ2) is 7.74. The number of hydrogen-bond donors (Lipinski definition) is 0. The van der Waals surface area contributed by atoms with Crippen molar-refractivity contribution < 1.29 is 9.08 Å². The fraction of sp³-hybridized carbons (Fsp3) is 1.00. The molecule has 0 aromatic rings. The number of rotatable bonds is 6. The summed E-state index contributed by atoms with van der Waals surface area (Å²) in [5, 5.41) is 0. The Kier molecular flexibility index (Phi) is 8.22. The van der Waals surface area contributed by atoms with E-state index in [2.05, 4.69) is 15.7 Å². The van der Waals surface area contributed by atoms with Crippen LogP contribution in [0.5, 0.6) is 0 Å². The Hall–Kier alpha value is 0.632. The van der Waals surface area contributed by atoms with E-state index in [1.165, 1.54) is 6.04 Å². The number of hydrogen-bond acceptors (Lipinski definition) is 2. The Labute approximate surface area is 67.8 Å². The summed E-state index contributed by atoms with van der Waals surface area (Å²) in [4.78, 5) is 0. The van der Waals surface area contributed by atoms with Gasteiger partial charge >= 0.3 is 0 Å². The minimum absolute atomic E-state index is 0.753. The van der Waals surface area contributed by atoms with Crippen molar-refractivity contribution in [2.75, 3.05) is 13.7 Å². The van der Waals surface area contributed by atoms with Gasteiger partial charge in [-0.25, -0.2) is 0 Å². The summed E-state index contributed by atoms with van der Waals surface area (Å²) in [5.74, 6) is 0. The molecular weight excluding hydrogens is 162 g/mol. The molecule has 0 aromatic heterocycles. The van der Waals surface area contributed by atoms with Gasteiger partial charge in [0.2, 0.25) is 0 Å². The van der Waals surface area contributed by atoms with Crippen LogP contribution >= 0.6 is 9.12 Å². The molecule has 0 fully saturated rings. The molecule has 60 valence electrons. The zero-order valence-corrected chi connectivity index (χ0v) is 9.11. The van der Waals surface area contributed by atoms with Crippen LogP contribution in [0.25, 0.3) is 0 Å². The highest BCUT2D eigenvalue weighted by atomic mass is 31.0. The molecule has 0 amide bonds. The molecule has 0 aliphatic rings. The van der Waals surface area contributed by atoms with Crippen LogP contribution in [0, 0.1) is 0 Å². The SMILES string of the molecule is CO[SiH](C)CCCOBP. The summed E-state index contributed by atoms with van der Waals surface area (Å²) < 4.78 is 10.4. The first-order valence-electron chi connectivity index (χ1n) is 3.62. The van der Waals surface area contributed by atoms with Crippen molar-refractivity contribution >= 4 is 25.4 Å². The first kappa shape index (κ1) is 10.6. The first-order valence-corrected chi connectivity index (χ1v) is 6.87. The van der Waals surface area contributed by atoms with Gasteiger partial charge < -0.3 is 9.08 Å². The third kappa shape index (κ3) is 6.75. The maximum atomic E-state index is 5.21. The Bertz CT molecular complexity index is 76.7. The van der Waals surface area contributed by atoms with Gasteiger partial charge in [-0.3, -0.25) is 0 Å². The van der Waals surface area contributed by atoms with Crippen molar-refractivity contribution in [2.45, 2.75) is 19.0 Å². The largest absolute Gasteiger partial charge is 0.435 e. The van der Waals surface area contributed by atoms with Gasteiger partial charge in [-0.05, 0) is 19.0 Å². The van der Waals surface area contributed by atoms with Gasteiger partial charge in [0, 0.05) is 13.7 Å². The topological polar surface area (TPSA) is 18.5 Å². The fourth-order valence-corrected chi connectivity index (χ4v) is 1.82. The summed E-state index contributed by atoms with van der Waals surface area (Å²) >= 11 is 0. The summed E-state index contributed by atoms with van der Waals surface area (Å²) in [6.45, 7) is 3.09. The monoisotopic (exact) mass is 178 g/mol. The van der Waals surface area contributed by atoms with Crippen LogP contribution in [0.2, 0.25) is 12.6 Å². The van der Waals surface area contributed by atoms with Crippen molar-refractivity contribution in [3.8, 4) is 0 Å². The average molecular weight is 178 g/mol. The van der Waals surface area contributed by atoms with Crippen LogP contribution in [0.4, 0.5) is 0 Å². The van der Waals surface area contributed by atoms with E-state index in [1.807, 2.05) is 0 Å². The summed E-state index contributed by atoms with van der Waals surface area (Å²) in [6.07, 6.45) is 1.15. The predicted octanol–water partition coefficient (Wildman–Crippen LogP) is 0.535. The molecule has 0 heterocycles. The van der Waals surface area contributed by atoms with Crippen LogP contribution in [0.1, 0.15) is 6.42 Å². The molecule has 5 heteroatoms. The van der Waals surface area contributed by atoms with Gasteiger partial charge in [-0.15, -0.1) is 9.12 Å². The zero-order chi connectivity index (χ0) is 7.82. The molecule has 2 nitrogen and oxygen atoms in total. The van der Waals surface area contributed by atoms with Crippen molar-refractivity contribution in [2.24, 2.45) is 0 Å². The normalized spacial score (nSPS) is 13.1. The Balaban J connectivity index is 2.89. The summed E-state index contributed by atoms with van der Waals surface area (Å²) in [5.41, 5.74) is 0. The van der Waals surface area contributed by atoms with Crippen LogP contribution in [-0.2, 0) is 9.08 Å². The minimum atomic E-state index is -0.811. The second-order valence-electron chi connectivity index (χ2n) is 2.26. The maximum absolute atomic E-state index is 5.21. The molecule has 0 radical (unpaired) electrons. The van der Waals surface area contributed by atoms with Gasteiger partial charge in [0.15, 0.2) is 9.04 Å². The quantitative estimate of drug-likeness (QED) is 0.335. The molecule has 2 unspecified atom stereocenters. The Morgan fingerprint density at radius 1 is 1.60 bits per heavy atom. The van der Waals surface area contributed by atoms with Gasteiger partial charge in [-0.2, -0.15) is 0 Å². The summed E-state index contributed by atoms with van der Waals surface area (Å²) in [7, 11) is 4.28. The van der Waals surface area contributed by atoms with Gasteiger partial charge in [0.25, 0.3) is 7.20 Å². The molecule has 0 bridgehead atoms. The van der Waals surface area contributed by atoms with E-state index in [9.17, 15) is 0 Å². The molecule has 0 spiro atoms. The highest BCUT2D eigenvalue weighted by Gasteiger charge is 2.00. The van der Waals surface area contributed by atoms with Crippen molar-refractivity contribution in [3.05, 3.63) is 0 Å². The third-order valence-corrected chi connectivity index (χ3v) is 3.68. The van der Waals surface area contributed by atoms with Crippen LogP contribution in [0.15, 0.2) is 0 Å². The second-order valence-corrected chi connectivity index (χ2v) is 5.27. The molecule has 0 saturated heterocycles. The van der Waals surface area contributed by atoms with Crippen LogP contribution in [0.3, 0.4) is 0 Å². The molecular formula is C5H16BO2PSi. The lowest BCUT2D eigenvalue weighted by molar-refractivity contribution is 0.339. The lowest BCUT2D eigenvalue weighted by Crippen LogP contribution is -2.10. The van der Waals surface area contributed by atoms with Crippen LogP contribution in [-0.4, -0.2) is 30.0 Å². The van der Waals surface area contributed by atoms with Gasteiger partial charge in [0.05, 0.1) is 0 Å².